The van der Waals surface area contributed by atoms with E-state index in [1.54, 1.807) is 0 Å². The number of hydrogen-bond donors (Lipinski definition) is 0. The molecule has 0 aromatic heterocycles. The minimum Gasteiger partial charge on any atom is -0.364 e. The van der Waals surface area contributed by atoms with E-state index in [0.717, 1.165) is 0 Å². The number of rotatable bonds is 14. The van der Waals surface area contributed by atoms with Crippen LogP contribution < -0.4 is 9.80 Å². The first-order valence-electron chi connectivity index (χ1n) is 15.3. The lowest BCUT2D eigenvalue weighted by Gasteiger charge is -2.53. The fourth-order valence-corrected chi connectivity index (χ4v) is 7.61. The zero-order chi connectivity index (χ0) is 25.6. The van der Waals surface area contributed by atoms with Crippen LogP contribution >= 0.6 is 0 Å². The zero-order valence-electron chi connectivity index (χ0n) is 24.8. The van der Waals surface area contributed by atoms with Crippen molar-refractivity contribution in [2.24, 2.45) is 10.8 Å². The van der Waals surface area contributed by atoms with Gasteiger partial charge in [0.25, 0.3) is 0 Å². The average molecular weight is 483 g/mol. The maximum Gasteiger partial charge on any atom is 0.0610 e. The summed E-state index contributed by atoms with van der Waals surface area (Å²) in [7, 11) is 0. The second-order valence-electron chi connectivity index (χ2n) is 13.4. The molecule has 0 amide bonds. The Labute approximate surface area is 219 Å². The van der Waals surface area contributed by atoms with E-state index < -0.39 is 0 Å². The van der Waals surface area contributed by atoms with Crippen LogP contribution in [0.3, 0.4) is 0 Å². The summed E-state index contributed by atoms with van der Waals surface area (Å²) in [5, 5.41) is 0. The molecule has 1 heterocycles. The first-order valence-corrected chi connectivity index (χ1v) is 15.3. The molecular formula is C33H58N2. The number of hydrogen-bond acceptors (Lipinski definition) is 2. The van der Waals surface area contributed by atoms with Crippen molar-refractivity contribution >= 4 is 11.4 Å². The van der Waals surface area contributed by atoms with E-state index >= 15 is 0 Å². The fourth-order valence-electron chi connectivity index (χ4n) is 7.61. The summed E-state index contributed by atoms with van der Waals surface area (Å²) in [4.78, 5) is 5.78. The first-order chi connectivity index (χ1) is 16.6. The molecular weight excluding hydrogens is 424 g/mol. The van der Waals surface area contributed by atoms with Crippen LogP contribution in [0.25, 0.3) is 0 Å². The summed E-state index contributed by atoms with van der Waals surface area (Å²) < 4.78 is 0. The van der Waals surface area contributed by atoms with Gasteiger partial charge in [-0.3, -0.25) is 0 Å². The van der Waals surface area contributed by atoms with Crippen molar-refractivity contribution in [1.82, 2.24) is 0 Å². The highest BCUT2D eigenvalue weighted by Crippen LogP contribution is 2.58. The molecule has 2 atom stereocenters. The highest BCUT2D eigenvalue weighted by molar-refractivity contribution is 5.77. The highest BCUT2D eigenvalue weighted by Gasteiger charge is 2.59. The van der Waals surface area contributed by atoms with Crippen molar-refractivity contribution < 1.29 is 0 Å². The Hall–Kier alpha value is -1.18. The number of aryl methyl sites for hydroxylation is 2. The average Bonchev–Trinajstić information content (AvgIpc) is 2.98. The molecule has 200 valence electrons. The highest BCUT2D eigenvalue weighted by atomic mass is 15.3. The molecule has 0 radical (unpaired) electrons. The molecule has 2 aliphatic rings. The zero-order valence-corrected chi connectivity index (χ0v) is 24.8. The van der Waals surface area contributed by atoms with Gasteiger partial charge in [0.15, 0.2) is 0 Å². The van der Waals surface area contributed by atoms with E-state index in [4.69, 9.17) is 0 Å². The lowest BCUT2D eigenvalue weighted by molar-refractivity contribution is 0.285. The van der Waals surface area contributed by atoms with Crippen molar-refractivity contribution in [2.75, 3.05) is 22.9 Å². The topological polar surface area (TPSA) is 6.48 Å². The van der Waals surface area contributed by atoms with Gasteiger partial charge in [-0.2, -0.15) is 0 Å². The van der Waals surface area contributed by atoms with Gasteiger partial charge in [0.2, 0.25) is 0 Å². The predicted molar refractivity (Wildman–Crippen MR) is 157 cm³/mol. The number of benzene rings is 1. The molecule has 2 heteroatoms. The molecule has 0 unspecified atom stereocenters. The number of anilines is 2. The molecule has 1 aromatic carbocycles. The molecule has 0 spiro atoms. The number of unbranched alkanes of at least 4 members (excludes halogenated alkanes) is 10. The van der Waals surface area contributed by atoms with Crippen molar-refractivity contribution in [3.8, 4) is 0 Å². The van der Waals surface area contributed by atoms with E-state index in [1.165, 1.54) is 119 Å². The van der Waals surface area contributed by atoms with Crippen LogP contribution in [0, 0.1) is 24.7 Å². The van der Waals surface area contributed by atoms with E-state index in [-0.39, 0.29) is 0 Å². The van der Waals surface area contributed by atoms with Crippen LogP contribution in [0.15, 0.2) is 12.1 Å². The smallest absolute Gasteiger partial charge is 0.0610 e. The standard InChI is InChI=1S/C33H58N2/c1-9-11-13-15-17-19-21-34-28-23-26(3)27(4)24-29(28)35(22-20-18-16-14-12-10-2)31-30(34)32(5,6)25-33(31,7)8/h23-24,30-31H,9-22,25H2,1-8H3/t30-,31+. The summed E-state index contributed by atoms with van der Waals surface area (Å²) in [6, 6.07) is 6.27. The number of fused-ring (bicyclic) bond motifs is 2. The van der Waals surface area contributed by atoms with Crippen LogP contribution in [-0.4, -0.2) is 25.2 Å². The van der Waals surface area contributed by atoms with Crippen LogP contribution in [0.2, 0.25) is 0 Å². The Morgan fingerprint density at radius 3 is 1.31 bits per heavy atom. The molecule has 1 aromatic rings. The summed E-state index contributed by atoms with van der Waals surface area (Å²) in [6.07, 6.45) is 17.8. The molecule has 0 bridgehead atoms. The van der Waals surface area contributed by atoms with Crippen molar-refractivity contribution in [2.45, 2.75) is 151 Å². The Bertz CT molecular complexity index is 728. The maximum absolute atomic E-state index is 2.89. The summed E-state index contributed by atoms with van der Waals surface area (Å²) in [5.74, 6) is 0. The van der Waals surface area contributed by atoms with Gasteiger partial charge in [-0.15, -0.1) is 0 Å². The molecule has 1 fully saturated rings. The largest absolute Gasteiger partial charge is 0.364 e. The van der Waals surface area contributed by atoms with E-state index in [2.05, 4.69) is 77.3 Å². The van der Waals surface area contributed by atoms with E-state index in [0.29, 0.717) is 22.9 Å². The predicted octanol–water partition coefficient (Wildman–Crippen LogP) is 9.84. The maximum atomic E-state index is 2.89. The molecule has 35 heavy (non-hydrogen) atoms. The second kappa shape index (κ2) is 12.4. The molecule has 1 aliphatic carbocycles. The monoisotopic (exact) mass is 482 g/mol. The third-order valence-corrected chi connectivity index (χ3v) is 9.20. The molecule has 1 aliphatic heterocycles. The molecule has 1 saturated carbocycles. The summed E-state index contributed by atoms with van der Waals surface area (Å²) >= 11 is 0. The number of nitrogens with zero attached hydrogens (tertiary/aromatic N) is 2. The third kappa shape index (κ3) is 6.58. The molecule has 0 saturated heterocycles. The van der Waals surface area contributed by atoms with Crippen LogP contribution in [-0.2, 0) is 0 Å². The van der Waals surface area contributed by atoms with Gasteiger partial charge < -0.3 is 9.80 Å². The van der Waals surface area contributed by atoms with Gasteiger partial charge in [-0.1, -0.05) is 106 Å². The Kier molecular flexibility index (Phi) is 10.0. The Morgan fingerprint density at radius 2 is 0.943 bits per heavy atom. The van der Waals surface area contributed by atoms with E-state index in [9.17, 15) is 0 Å². The van der Waals surface area contributed by atoms with Crippen LogP contribution in [0.5, 0.6) is 0 Å². The van der Waals surface area contributed by atoms with Gasteiger partial charge in [0.05, 0.1) is 23.5 Å². The van der Waals surface area contributed by atoms with Gasteiger partial charge in [0.1, 0.15) is 0 Å². The van der Waals surface area contributed by atoms with Crippen molar-refractivity contribution in [3.05, 3.63) is 23.3 Å². The van der Waals surface area contributed by atoms with Crippen LogP contribution in [0.4, 0.5) is 11.4 Å². The SMILES string of the molecule is CCCCCCCCN1c2cc(C)c(C)cc2N(CCCCCCCC)[C@@H]2[C@H]1C(C)(C)CC2(C)C. The van der Waals surface area contributed by atoms with Gasteiger partial charge in [-0.25, -0.2) is 0 Å². The lowest BCUT2D eigenvalue weighted by Crippen LogP contribution is -2.61. The minimum absolute atomic E-state index is 0.326. The summed E-state index contributed by atoms with van der Waals surface area (Å²) in [5.41, 5.74) is 6.60. The fraction of sp³-hybridized carbons (Fsp3) is 0.818. The Morgan fingerprint density at radius 1 is 0.600 bits per heavy atom. The Balaban J connectivity index is 1.89. The van der Waals surface area contributed by atoms with Gasteiger partial charge in [-0.05, 0) is 67.2 Å². The van der Waals surface area contributed by atoms with E-state index in [1.807, 2.05) is 0 Å². The summed E-state index contributed by atoms with van der Waals surface area (Å²) in [6.45, 7) is 21.9. The van der Waals surface area contributed by atoms with Gasteiger partial charge in [0, 0.05) is 13.1 Å². The second-order valence-corrected chi connectivity index (χ2v) is 13.4. The molecule has 2 nitrogen and oxygen atoms in total. The quantitative estimate of drug-likeness (QED) is 0.243. The van der Waals surface area contributed by atoms with Crippen LogP contribution in [0.1, 0.15) is 136 Å². The minimum atomic E-state index is 0.326. The van der Waals surface area contributed by atoms with Crippen molar-refractivity contribution in [3.63, 3.8) is 0 Å². The lowest BCUT2D eigenvalue weighted by atomic mass is 9.82. The molecule has 3 rings (SSSR count). The third-order valence-electron chi connectivity index (χ3n) is 9.20. The normalized spacial score (nSPS) is 22.4. The first kappa shape index (κ1) is 28.4. The van der Waals surface area contributed by atoms with Gasteiger partial charge >= 0.3 is 0 Å². The molecule has 0 N–H and O–H groups in total. The van der Waals surface area contributed by atoms with Crippen molar-refractivity contribution in [1.29, 1.82) is 0 Å².